The maximum atomic E-state index is 13.0. The molecule has 2 aliphatic heterocycles. The Balaban J connectivity index is 1.42. The molecule has 154 valence electrons. The zero-order valence-corrected chi connectivity index (χ0v) is 17.1. The summed E-state index contributed by atoms with van der Waals surface area (Å²) in [5, 5.41) is 0. The molecule has 6 heteroatoms. The molecule has 0 aromatic heterocycles. The summed E-state index contributed by atoms with van der Waals surface area (Å²) in [4.78, 5) is 43.2. The summed E-state index contributed by atoms with van der Waals surface area (Å²) >= 11 is 0. The van der Waals surface area contributed by atoms with Gasteiger partial charge in [-0.05, 0) is 36.2 Å². The lowest BCUT2D eigenvalue weighted by molar-refractivity contribution is 0.0627. The standard InChI is InChI=1S/C24H25N3O3/c1-3-10-27-23(29)20-9-8-18(15-21(20)24(27)30)22(28)26-13-11-25(12-14-26)16-19-7-5-4-6-17(19)2/h3-9,15H,1,10-14,16H2,2H3. The van der Waals surface area contributed by atoms with Crippen LogP contribution in [0.15, 0.2) is 55.1 Å². The van der Waals surface area contributed by atoms with Gasteiger partial charge in [0.2, 0.25) is 0 Å². The van der Waals surface area contributed by atoms with E-state index in [9.17, 15) is 14.4 Å². The number of carbonyl (C=O) groups excluding carboxylic acids is 3. The van der Waals surface area contributed by atoms with Crippen LogP contribution in [0.5, 0.6) is 0 Å². The second kappa shape index (κ2) is 8.24. The fourth-order valence-electron chi connectivity index (χ4n) is 4.04. The Hall–Kier alpha value is -3.25. The van der Waals surface area contributed by atoms with Crippen LogP contribution >= 0.6 is 0 Å². The van der Waals surface area contributed by atoms with E-state index in [-0.39, 0.29) is 24.3 Å². The molecule has 1 fully saturated rings. The van der Waals surface area contributed by atoms with Crippen LogP contribution < -0.4 is 0 Å². The number of piperazine rings is 1. The largest absolute Gasteiger partial charge is 0.336 e. The Morgan fingerprint density at radius 1 is 1.00 bits per heavy atom. The number of nitrogens with zero attached hydrogens (tertiary/aromatic N) is 3. The van der Waals surface area contributed by atoms with Crippen LogP contribution in [0.3, 0.4) is 0 Å². The lowest BCUT2D eigenvalue weighted by Crippen LogP contribution is -2.48. The molecular weight excluding hydrogens is 378 g/mol. The van der Waals surface area contributed by atoms with Gasteiger partial charge in [0.05, 0.1) is 11.1 Å². The average Bonchev–Trinajstić information content (AvgIpc) is 3.00. The molecule has 2 heterocycles. The van der Waals surface area contributed by atoms with Crippen molar-refractivity contribution in [3.8, 4) is 0 Å². The number of rotatable bonds is 5. The van der Waals surface area contributed by atoms with Crippen LogP contribution in [0.25, 0.3) is 0 Å². The highest BCUT2D eigenvalue weighted by atomic mass is 16.2. The highest BCUT2D eigenvalue weighted by Crippen LogP contribution is 2.25. The molecule has 0 saturated carbocycles. The predicted molar refractivity (Wildman–Crippen MR) is 114 cm³/mol. The normalized spacial score (nSPS) is 16.7. The highest BCUT2D eigenvalue weighted by Gasteiger charge is 2.35. The number of fused-ring (bicyclic) bond motifs is 1. The van der Waals surface area contributed by atoms with Crippen LogP contribution in [0, 0.1) is 6.92 Å². The Labute approximate surface area is 176 Å². The first-order chi connectivity index (χ1) is 14.5. The molecule has 0 bridgehead atoms. The van der Waals surface area contributed by atoms with E-state index < -0.39 is 0 Å². The Morgan fingerprint density at radius 3 is 2.40 bits per heavy atom. The van der Waals surface area contributed by atoms with Gasteiger partial charge in [-0.25, -0.2) is 0 Å². The first-order valence-electron chi connectivity index (χ1n) is 10.2. The molecule has 0 aliphatic carbocycles. The minimum absolute atomic E-state index is 0.101. The molecule has 0 unspecified atom stereocenters. The van der Waals surface area contributed by atoms with Crippen molar-refractivity contribution in [1.82, 2.24) is 14.7 Å². The molecular formula is C24H25N3O3. The Morgan fingerprint density at radius 2 is 1.70 bits per heavy atom. The summed E-state index contributed by atoms with van der Waals surface area (Å²) in [6.07, 6.45) is 1.52. The average molecular weight is 403 g/mol. The minimum atomic E-state index is -0.368. The van der Waals surface area contributed by atoms with E-state index in [2.05, 4.69) is 36.6 Å². The number of aryl methyl sites for hydroxylation is 1. The van der Waals surface area contributed by atoms with E-state index in [1.165, 1.54) is 17.2 Å². The van der Waals surface area contributed by atoms with Gasteiger partial charge < -0.3 is 4.90 Å². The number of imide groups is 1. The molecule has 1 saturated heterocycles. The monoisotopic (exact) mass is 403 g/mol. The molecule has 2 aromatic rings. The van der Waals surface area contributed by atoms with Gasteiger partial charge in [0.1, 0.15) is 0 Å². The summed E-state index contributed by atoms with van der Waals surface area (Å²) in [5.41, 5.74) is 3.68. The smallest absolute Gasteiger partial charge is 0.261 e. The van der Waals surface area contributed by atoms with Crippen molar-refractivity contribution in [2.45, 2.75) is 13.5 Å². The van der Waals surface area contributed by atoms with Crippen LogP contribution in [0.4, 0.5) is 0 Å². The van der Waals surface area contributed by atoms with Crippen LogP contribution in [-0.2, 0) is 6.54 Å². The van der Waals surface area contributed by atoms with E-state index in [1.54, 1.807) is 18.2 Å². The van der Waals surface area contributed by atoms with Gasteiger partial charge in [0.15, 0.2) is 0 Å². The first-order valence-corrected chi connectivity index (χ1v) is 10.2. The molecule has 2 aliphatic rings. The topological polar surface area (TPSA) is 60.9 Å². The second-order valence-electron chi connectivity index (χ2n) is 7.76. The maximum Gasteiger partial charge on any atom is 0.261 e. The molecule has 4 rings (SSSR count). The van der Waals surface area contributed by atoms with Gasteiger partial charge in [-0.3, -0.25) is 24.2 Å². The second-order valence-corrected chi connectivity index (χ2v) is 7.76. The van der Waals surface area contributed by atoms with Crippen molar-refractivity contribution in [1.29, 1.82) is 0 Å². The molecule has 6 nitrogen and oxygen atoms in total. The SMILES string of the molecule is C=CCN1C(=O)c2ccc(C(=O)N3CCN(Cc4ccccc4C)CC3)cc2C1=O. The van der Waals surface area contributed by atoms with E-state index >= 15 is 0 Å². The quantitative estimate of drug-likeness (QED) is 0.569. The Kier molecular flexibility index (Phi) is 5.50. The third-order valence-corrected chi connectivity index (χ3v) is 5.84. The van der Waals surface area contributed by atoms with Crippen LogP contribution in [-0.4, -0.2) is 65.1 Å². The molecule has 2 aromatic carbocycles. The predicted octanol–water partition coefficient (Wildman–Crippen LogP) is 2.74. The number of hydrogen-bond donors (Lipinski definition) is 0. The van der Waals surface area contributed by atoms with Gasteiger partial charge in [0.25, 0.3) is 17.7 Å². The highest BCUT2D eigenvalue weighted by molar-refractivity contribution is 6.22. The van der Waals surface area contributed by atoms with Gasteiger partial charge in [-0.1, -0.05) is 30.3 Å². The minimum Gasteiger partial charge on any atom is -0.336 e. The maximum absolute atomic E-state index is 13.0. The fraction of sp³-hybridized carbons (Fsp3) is 0.292. The fourth-order valence-corrected chi connectivity index (χ4v) is 4.04. The van der Waals surface area contributed by atoms with E-state index in [0.717, 1.165) is 24.5 Å². The zero-order chi connectivity index (χ0) is 21.3. The third-order valence-electron chi connectivity index (χ3n) is 5.84. The zero-order valence-electron chi connectivity index (χ0n) is 17.1. The Bertz CT molecular complexity index is 1020. The molecule has 0 atom stereocenters. The van der Waals surface area contributed by atoms with Gasteiger partial charge in [0, 0.05) is 44.8 Å². The van der Waals surface area contributed by atoms with Gasteiger partial charge >= 0.3 is 0 Å². The lowest BCUT2D eigenvalue weighted by Gasteiger charge is -2.35. The first kappa shape index (κ1) is 20.0. The number of amides is 3. The van der Waals surface area contributed by atoms with E-state index in [4.69, 9.17) is 0 Å². The third kappa shape index (κ3) is 3.66. The summed E-state index contributed by atoms with van der Waals surface area (Å²) in [6.45, 7) is 9.62. The van der Waals surface area contributed by atoms with E-state index in [1.807, 2.05) is 11.0 Å². The molecule has 0 N–H and O–H groups in total. The van der Waals surface area contributed by atoms with Crippen molar-refractivity contribution in [2.24, 2.45) is 0 Å². The summed E-state index contributed by atoms with van der Waals surface area (Å²) in [5.74, 6) is -0.804. The van der Waals surface area contributed by atoms with Crippen molar-refractivity contribution >= 4 is 17.7 Å². The number of hydrogen-bond acceptors (Lipinski definition) is 4. The summed E-state index contributed by atoms with van der Waals surface area (Å²) in [7, 11) is 0. The molecule has 3 amide bonds. The van der Waals surface area contributed by atoms with Gasteiger partial charge in [-0.2, -0.15) is 0 Å². The van der Waals surface area contributed by atoms with Crippen LogP contribution in [0.2, 0.25) is 0 Å². The van der Waals surface area contributed by atoms with Crippen molar-refractivity contribution in [2.75, 3.05) is 32.7 Å². The molecule has 30 heavy (non-hydrogen) atoms. The van der Waals surface area contributed by atoms with Gasteiger partial charge in [-0.15, -0.1) is 6.58 Å². The summed E-state index contributed by atoms with van der Waals surface area (Å²) in [6, 6.07) is 13.1. The number of carbonyl (C=O) groups is 3. The van der Waals surface area contributed by atoms with Crippen molar-refractivity contribution in [3.63, 3.8) is 0 Å². The summed E-state index contributed by atoms with van der Waals surface area (Å²) < 4.78 is 0. The molecule has 0 radical (unpaired) electrons. The van der Waals surface area contributed by atoms with Crippen LogP contribution in [0.1, 0.15) is 42.2 Å². The van der Waals surface area contributed by atoms with E-state index in [0.29, 0.717) is 29.8 Å². The lowest BCUT2D eigenvalue weighted by atomic mass is 10.0. The number of benzene rings is 2. The van der Waals surface area contributed by atoms with Crippen molar-refractivity contribution < 1.29 is 14.4 Å². The molecule has 0 spiro atoms. The van der Waals surface area contributed by atoms with Crippen molar-refractivity contribution in [3.05, 3.63) is 82.9 Å².